The second kappa shape index (κ2) is 6.77. The van der Waals surface area contributed by atoms with Crippen LogP contribution in [0.3, 0.4) is 0 Å². The van der Waals surface area contributed by atoms with Crippen LogP contribution in [0.5, 0.6) is 5.75 Å². The predicted molar refractivity (Wildman–Crippen MR) is 82.4 cm³/mol. The fraction of sp³-hybridized carbons (Fsp3) is 0.267. The maximum Gasteiger partial charge on any atom is 0.245 e. The molecule has 0 N–H and O–H groups in total. The molecular formula is C15H16ClNO2S. The van der Waals surface area contributed by atoms with Gasteiger partial charge in [-0.3, -0.25) is 4.79 Å². The van der Waals surface area contributed by atoms with Gasteiger partial charge >= 0.3 is 0 Å². The van der Waals surface area contributed by atoms with E-state index >= 15 is 0 Å². The third kappa shape index (κ3) is 3.52. The highest BCUT2D eigenvalue weighted by Gasteiger charge is 2.21. The number of alkyl halides is 1. The Morgan fingerprint density at radius 3 is 2.60 bits per heavy atom. The number of thiophene rings is 1. The summed E-state index contributed by atoms with van der Waals surface area (Å²) in [5.74, 6) is 0.641. The number of hydrogen-bond donors (Lipinski definition) is 0. The van der Waals surface area contributed by atoms with Crippen LogP contribution in [0, 0.1) is 0 Å². The van der Waals surface area contributed by atoms with Crippen LogP contribution in [0.4, 0.5) is 0 Å². The van der Waals surface area contributed by atoms with Gasteiger partial charge in [0, 0.05) is 11.9 Å². The number of rotatable bonds is 5. The van der Waals surface area contributed by atoms with Gasteiger partial charge in [0.05, 0.1) is 13.7 Å². The fourth-order valence-electron chi connectivity index (χ4n) is 1.82. The van der Waals surface area contributed by atoms with E-state index in [1.807, 2.05) is 29.6 Å². The van der Waals surface area contributed by atoms with Gasteiger partial charge < -0.3 is 9.64 Å². The highest BCUT2D eigenvalue weighted by molar-refractivity contribution is 7.09. The molecule has 0 radical (unpaired) electrons. The second-order valence-corrected chi connectivity index (χ2v) is 5.88. The van der Waals surface area contributed by atoms with Gasteiger partial charge in [-0.05, 0) is 29.1 Å². The summed E-state index contributed by atoms with van der Waals surface area (Å²) in [5.41, 5.74) is 0.774. The molecule has 0 fully saturated rings. The molecule has 0 saturated carbocycles. The fourth-order valence-corrected chi connectivity index (χ4v) is 2.89. The highest BCUT2D eigenvalue weighted by atomic mass is 35.5. The first-order valence-electron chi connectivity index (χ1n) is 6.17. The van der Waals surface area contributed by atoms with Gasteiger partial charge in [0.2, 0.25) is 5.91 Å². The summed E-state index contributed by atoms with van der Waals surface area (Å²) >= 11 is 7.89. The summed E-state index contributed by atoms with van der Waals surface area (Å²) in [7, 11) is 3.37. The predicted octanol–water partition coefficient (Wildman–Crippen LogP) is 3.70. The van der Waals surface area contributed by atoms with Crippen LogP contribution < -0.4 is 4.74 Å². The van der Waals surface area contributed by atoms with Gasteiger partial charge in [0.1, 0.15) is 11.1 Å². The minimum Gasteiger partial charge on any atom is -0.497 e. The third-order valence-electron chi connectivity index (χ3n) is 2.97. The molecular weight excluding hydrogens is 294 g/mol. The number of amides is 1. The molecule has 0 aliphatic carbocycles. The van der Waals surface area contributed by atoms with Crippen molar-refractivity contribution in [2.75, 3.05) is 14.2 Å². The van der Waals surface area contributed by atoms with E-state index in [-0.39, 0.29) is 5.91 Å². The lowest BCUT2D eigenvalue weighted by Gasteiger charge is -2.20. The number of ether oxygens (including phenoxy) is 1. The number of carbonyl (C=O) groups excluding carboxylic acids is 1. The average Bonchev–Trinajstić information content (AvgIpc) is 2.98. The Bertz CT molecular complexity index is 554. The van der Waals surface area contributed by atoms with Gasteiger partial charge in [0.25, 0.3) is 0 Å². The molecule has 0 bridgehead atoms. The molecule has 1 aromatic carbocycles. The van der Waals surface area contributed by atoms with Crippen molar-refractivity contribution in [2.24, 2.45) is 0 Å². The molecule has 2 aromatic rings. The van der Waals surface area contributed by atoms with Crippen molar-refractivity contribution in [3.05, 3.63) is 52.2 Å². The summed E-state index contributed by atoms with van der Waals surface area (Å²) in [6.45, 7) is 0.579. The van der Waals surface area contributed by atoms with Crippen LogP contribution in [-0.4, -0.2) is 25.0 Å². The summed E-state index contributed by atoms with van der Waals surface area (Å²) in [5, 5.41) is 1.32. The van der Waals surface area contributed by atoms with E-state index in [2.05, 4.69) is 0 Å². The first-order valence-corrected chi connectivity index (χ1v) is 7.49. The summed E-state index contributed by atoms with van der Waals surface area (Å²) in [6, 6.07) is 11.2. The second-order valence-electron chi connectivity index (χ2n) is 4.41. The number of likely N-dealkylation sites (N-methyl/N-ethyl adjacent to an activating group) is 1. The largest absolute Gasteiger partial charge is 0.497 e. The highest BCUT2D eigenvalue weighted by Crippen LogP contribution is 2.25. The van der Waals surface area contributed by atoms with Crippen molar-refractivity contribution in [3.63, 3.8) is 0 Å². The number of carbonyl (C=O) groups is 1. The third-order valence-corrected chi connectivity index (χ3v) is 4.27. The van der Waals surface area contributed by atoms with Crippen LogP contribution in [0.25, 0.3) is 0 Å². The molecule has 5 heteroatoms. The van der Waals surface area contributed by atoms with Crippen LogP contribution in [-0.2, 0) is 11.3 Å². The monoisotopic (exact) mass is 309 g/mol. The Labute approximate surface area is 127 Å². The Balaban J connectivity index is 2.03. The summed E-state index contributed by atoms with van der Waals surface area (Å²) < 4.78 is 5.09. The normalized spacial score (nSPS) is 11.9. The van der Waals surface area contributed by atoms with Crippen molar-refractivity contribution >= 4 is 28.8 Å². The topological polar surface area (TPSA) is 29.5 Å². The Kier molecular flexibility index (Phi) is 5.04. The van der Waals surface area contributed by atoms with Crippen LogP contribution in [0.15, 0.2) is 41.8 Å². The molecule has 3 nitrogen and oxygen atoms in total. The molecule has 0 aliphatic heterocycles. The standard InChI is InChI=1S/C15H16ClNO2S/c1-17(10-13-4-3-9-20-13)15(18)14(16)11-5-7-12(19-2)8-6-11/h3-9,14H,10H2,1-2H3. The molecule has 0 spiro atoms. The molecule has 106 valence electrons. The van der Waals surface area contributed by atoms with Gasteiger partial charge in [-0.25, -0.2) is 0 Å². The zero-order valence-electron chi connectivity index (χ0n) is 11.4. The first kappa shape index (κ1) is 14.9. The molecule has 1 atom stereocenters. The van der Waals surface area contributed by atoms with E-state index in [9.17, 15) is 4.79 Å². The van der Waals surface area contributed by atoms with Gasteiger partial charge in [-0.1, -0.05) is 18.2 Å². The van der Waals surface area contributed by atoms with E-state index in [1.165, 1.54) is 0 Å². The van der Waals surface area contributed by atoms with Crippen molar-refractivity contribution in [3.8, 4) is 5.75 Å². The van der Waals surface area contributed by atoms with E-state index in [4.69, 9.17) is 16.3 Å². The Morgan fingerprint density at radius 2 is 2.05 bits per heavy atom. The molecule has 2 rings (SSSR count). The molecule has 1 aromatic heterocycles. The minimum absolute atomic E-state index is 0.106. The number of benzene rings is 1. The lowest BCUT2D eigenvalue weighted by molar-refractivity contribution is -0.130. The number of methoxy groups -OCH3 is 1. The quantitative estimate of drug-likeness (QED) is 0.788. The average molecular weight is 310 g/mol. The Hall–Kier alpha value is -1.52. The summed E-state index contributed by atoms with van der Waals surface area (Å²) in [6.07, 6.45) is 0. The molecule has 20 heavy (non-hydrogen) atoms. The molecule has 1 unspecified atom stereocenters. The first-order chi connectivity index (χ1) is 9.61. The molecule has 0 saturated heterocycles. The molecule has 1 amide bonds. The number of nitrogens with zero attached hydrogens (tertiary/aromatic N) is 1. The Morgan fingerprint density at radius 1 is 1.35 bits per heavy atom. The SMILES string of the molecule is COc1ccc(C(Cl)C(=O)N(C)Cc2cccs2)cc1. The van der Waals surface area contributed by atoms with Crippen LogP contribution >= 0.6 is 22.9 Å². The van der Waals surface area contributed by atoms with E-state index in [1.54, 1.807) is 42.5 Å². The van der Waals surface area contributed by atoms with Crippen LogP contribution in [0.2, 0.25) is 0 Å². The zero-order valence-corrected chi connectivity index (χ0v) is 12.9. The zero-order chi connectivity index (χ0) is 14.5. The lowest BCUT2D eigenvalue weighted by atomic mass is 10.1. The van der Waals surface area contributed by atoms with Crippen molar-refractivity contribution < 1.29 is 9.53 Å². The van der Waals surface area contributed by atoms with Crippen molar-refractivity contribution in [1.29, 1.82) is 0 Å². The summed E-state index contributed by atoms with van der Waals surface area (Å²) in [4.78, 5) is 15.1. The molecule has 0 aliphatic rings. The van der Waals surface area contributed by atoms with Gasteiger partial charge in [0.15, 0.2) is 0 Å². The number of halogens is 1. The van der Waals surface area contributed by atoms with Gasteiger partial charge in [-0.15, -0.1) is 22.9 Å². The van der Waals surface area contributed by atoms with Crippen molar-refractivity contribution in [1.82, 2.24) is 4.90 Å². The van der Waals surface area contributed by atoms with E-state index < -0.39 is 5.38 Å². The minimum atomic E-state index is -0.675. The van der Waals surface area contributed by atoms with E-state index in [0.717, 1.165) is 16.2 Å². The maximum atomic E-state index is 12.3. The lowest BCUT2D eigenvalue weighted by Crippen LogP contribution is -2.29. The van der Waals surface area contributed by atoms with Gasteiger partial charge in [-0.2, -0.15) is 0 Å². The van der Waals surface area contributed by atoms with Crippen LogP contribution in [0.1, 0.15) is 15.8 Å². The molecule has 1 heterocycles. The van der Waals surface area contributed by atoms with E-state index in [0.29, 0.717) is 6.54 Å². The number of hydrogen-bond acceptors (Lipinski definition) is 3. The smallest absolute Gasteiger partial charge is 0.245 e. The van der Waals surface area contributed by atoms with Crippen molar-refractivity contribution in [2.45, 2.75) is 11.9 Å². The maximum absolute atomic E-state index is 12.3.